The number of thiazole rings is 1. The van der Waals surface area contributed by atoms with Crippen LogP contribution in [0.2, 0.25) is 0 Å². The molecule has 0 saturated heterocycles. The van der Waals surface area contributed by atoms with Gasteiger partial charge < -0.3 is 9.47 Å². The van der Waals surface area contributed by atoms with Crippen LogP contribution in [0.4, 0.5) is 5.13 Å². The molecule has 9 heteroatoms. The molecule has 3 aromatic heterocycles. The summed E-state index contributed by atoms with van der Waals surface area (Å²) in [6.07, 6.45) is 1.70. The highest BCUT2D eigenvalue weighted by atomic mass is 32.1. The smallest absolute Gasteiger partial charge is 0.258 e. The molecule has 172 valence electrons. The van der Waals surface area contributed by atoms with Gasteiger partial charge >= 0.3 is 0 Å². The second-order valence-corrected chi connectivity index (χ2v) is 9.09. The molecular formula is C24H27N5O3S. The van der Waals surface area contributed by atoms with E-state index in [4.69, 9.17) is 14.5 Å². The molecule has 1 N–H and O–H groups in total. The monoisotopic (exact) mass is 465 g/mol. The molecule has 0 atom stereocenters. The van der Waals surface area contributed by atoms with Gasteiger partial charge in [-0.15, -0.1) is 11.3 Å². The number of fused-ring (bicyclic) bond motifs is 1. The lowest BCUT2D eigenvalue weighted by molar-refractivity contribution is 0.102. The number of ether oxygens (including phenoxy) is 2. The number of benzene rings is 1. The van der Waals surface area contributed by atoms with Crippen molar-refractivity contribution in [1.29, 1.82) is 0 Å². The van der Waals surface area contributed by atoms with E-state index >= 15 is 0 Å². The Kier molecular flexibility index (Phi) is 6.33. The third kappa shape index (κ3) is 4.41. The number of nitrogens with zero attached hydrogens (tertiary/aromatic N) is 4. The topological polar surface area (TPSA) is 91.2 Å². The number of pyridine rings is 1. The van der Waals surface area contributed by atoms with Crippen LogP contribution < -0.4 is 14.8 Å². The zero-order valence-corrected chi connectivity index (χ0v) is 20.4. The average Bonchev–Trinajstić information content (AvgIpc) is 3.44. The van der Waals surface area contributed by atoms with Gasteiger partial charge in [0.05, 0.1) is 37.1 Å². The molecule has 1 aromatic carbocycles. The SMILES string of the molecule is COc1ccc(OC)c(-c2csc(NC(=O)c3cc(C(C)C)nc4c3cnn4C(C)C)n2)c1. The molecule has 0 aliphatic heterocycles. The van der Waals surface area contributed by atoms with Crippen molar-refractivity contribution in [1.82, 2.24) is 19.7 Å². The van der Waals surface area contributed by atoms with Crippen molar-refractivity contribution in [2.75, 3.05) is 19.5 Å². The van der Waals surface area contributed by atoms with E-state index in [2.05, 4.69) is 29.2 Å². The van der Waals surface area contributed by atoms with Crippen LogP contribution in [-0.2, 0) is 0 Å². The Labute approximate surface area is 196 Å². The first-order chi connectivity index (χ1) is 15.8. The summed E-state index contributed by atoms with van der Waals surface area (Å²) in [6.45, 7) is 8.20. The molecule has 0 bridgehead atoms. The summed E-state index contributed by atoms with van der Waals surface area (Å²) in [6, 6.07) is 7.50. The van der Waals surface area contributed by atoms with Crippen LogP contribution in [-0.4, -0.2) is 39.9 Å². The molecule has 4 aromatic rings. The number of rotatable bonds is 7. The summed E-state index contributed by atoms with van der Waals surface area (Å²) in [7, 11) is 3.22. The maximum absolute atomic E-state index is 13.3. The summed E-state index contributed by atoms with van der Waals surface area (Å²) in [5.41, 5.74) is 3.58. The van der Waals surface area contributed by atoms with E-state index in [-0.39, 0.29) is 17.9 Å². The van der Waals surface area contributed by atoms with Crippen LogP contribution >= 0.6 is 11.3 Å². The minimum Gasteiger partial charge on any atom is -0.497 e. The van der Waals surface area contributed by atoms with Crippen LogP contribution in [0, 0.1) is 0 Å². The first kappa shape index (κ1) is 22.7. The molecule has 8 nitrogen and oxygen atoms in total. The number of hydrogen-bond acceptors (Lipinski definition) is 7. The van der Waals surface area contributed by atoms with Crippen molar-refractivity contribution in [3.05, 3.63) is 47.1 Å². The summed E-state index contributed by atoms with van der Waals surface area (Å²) >= 11 is 1.35. The second kappa shape index (κ2) is 9.19. The number of anilines is 1. The molecule has 0 saturated carbocycles. The van der Waals surface area contributed by atoms with E-state index in [9.17, 15) is 4.79 Å². The normalized spacial score (nSPS) is 11.4. The fourth-order valence-corrected chi connectivity index (χ4v) is 4.24. The zero-order chi connectivity index (χ0) is 23.7. The quantitative estimate of drug-likeness (QED) is 0.386. The van der Waals surface area contributed by atoms with E-state index in [0.29, 0.717) is 33.5 Å². The second-order valence-electron chi connectivity index (χ2n) is 8.23. The predicted molar refractivity (Wildman–Crippen MR) is 131 cm³/mol. The van der Waals surface area contributed by atoms with Gasteiger partial charge in [0.25, 0.3) is 5.91 Å². The summed E-state index contributed by atoms with van der Waals surface area (Å²) < 4.78 is 12.6. The van der Waals surface area contributed by atoms with Crippen molar-refractivity contribution < 1.29 is 14.3 Å². The molecule has 0 spiro atoms. The number of nitrogens with one attached hydrogen (secondary N) is 1. The van der Waals surface area contributed by atoms with Gasteiger partial charge in [0, 0.05) is 22.7 Å². The summed E-state index contributed by atoms with van der Waals surface area (Å²) in [5.74, 6) is 1.30. The van der Waals surface area contributed by atoms with Gasteiger partial charge in [-0.3, -0.25) is 10.1 Å². The molecular weight excluding hydrogens is 438 g/mol. The lowest BCUT2D eigenvalue weighted by Crippen LogP contribution is -2.14. The van der Waals surface area contributed by atoms with Gasteiger partial charge in [-0.2, -0.15) is 5.10 Å². The highest BCUT2D eigenvalue weighted by Crippen LogP contribution is 2.35. The predicted octanol–water partition coefficient (Wildman–Crippen LogP) is 5.53. The van der Waals surface area contributed by atoms with Crippen LogP contribution in [0.15, 0.2) is 35.8 Å². The Morgan fingerprint density at radius 1 is 1.09 bits per heavy atom. The molecule has 0 fully saturated rings. The fraction of sp³-hybridized carbons (Fsp3) is 0.333. The molecule has 33 heavy (non-hydrogen) atoms. The van der Waals surface area contributed by atoms with Crippen molar-refractivity contribution in [2.24, 2.45) is 0 Å². The first-order valence-electron chi connectivity index (χ1n) is 10.7. The van der Waals surface area contributed by atoms with Crippen LogP contribution in [0.25, 0.3) is 22.3 Å². The Morgan fingerprint density at radius 2 is 1.88 bits per heavy atom. The van der Waals surface area contributed by atoms with Crippen molar-refractivity contribution >= 4 is 33.4 Å². The van der Waals surface area contributed by atoms with Gasteiger partial charge in [-0.1, -0.05) is 13.8 Å². The van der Waals surface area contributed by atoms with E-state index in [1.165, 1.54) is 11.3 Å². The van der Waals surface area contributed by atoms with E-state index in [1.807, 2.05) is 48.2 Å². The van der Waals surface area contributed by atoms with E-state index < -0.39 is 0 Å². The number of aromatic nitrogens is 4. The van der Waals surface area contributed by atoms with Gasteiger partial charge in [0.15, 0.2) is 10.8 Å². The minimum absolute atomic E-state index is 0.132. The third-order valence-corrected chi connectivity index (χ3v) is 6.08. The van der Waals surface area contributed by atoms with Crippen LogP contribution in [0.3, 0.4) is 0 Å². The van der Waals surface area contributed by atoms with E-state index in [0.717, 1.165) is 16.6 Å². The Hall–Kier alpha value is -3.46. The Bertz CT molecular complexity index is 1310. The third-order valence-electron chi connectivity index (χ3n) is 5.32. The van der Waals surface area contributed by atoms with Crippen molar-refractivity contribution in [3.8, 4) is 22.8 Å². The number of hydrogen-bond donors (Lipinski definition) is 1. The molecule has 0 aliphatic carbocycles. The number of methoxy groups -OCH3 is 2. The van der Waals surface area contributed by atoms with Crippen molar-refractivity contribution in [3.63, 3.8) is 0 Å². The summed E-state index contributed by atoms with van der Waals surface area (Å²) in [5, 5.41) is 10.5. The maximum Gasteiger partial charge on any atom is 0.258 e. The van der Waals surface area contributed by atoms with Gasteiger partial charge in [-0.05, 0) is 44.0 Å². The maximum atomic E-state index is 13.3. The largest absolute Gasteiger partial charge is 0.497 e. The Morgan fingerprint density at radius 3 is 2.55 bits per heavy atom. The first-order valence-corrected chi connectivity index (χ1v) is 11.6. The van der Waals surface area contributed by atoms with Crippen molar-refractivity contribution in [2.45, 2.75) is 39.7 Å². The standard InChI is InChI=1S/C24H27N5O3S/c1-13(2)19-10-16(18-11-25-29(14(3)4)22(18)26-19)23(30)28-24-27-20(12-33-24)17-9-15(31-5)7-8-21(17)32-6/h7-14H,1-6H3,(H,27,28,30). The number of amides is 1. The lowest BCUT2D eigenvalue weighted by atomic mass is 10.0. The minimum atomic E-state index is -0.244. The van der Waals surface area contributed by atoms with Crippen LogP contribution in [0.1, 0.15) is 55.7 Å². The average molecular weight is 466 g/mol. The molecule has 0 aliphatic rings. The fourth-order valence-electron chi connectivity index (χ4n) is 3.53. The van der Waals surface area contributed by atoms with Gasteiger partial charge in [0.2, 0.25) is 0 Å². The highest BCUT2D eigenvalue weighted by Gasteiger charge is 2.20. The molecule has 1 amide bonds. The molecule has 4 rings (SSSR count). The molecule has 3 heterocycles. The lowest BCUT2D eigenvalue weighted by Gasteiger charge is -2.12. The summed E-state index contributed by atoms with van der Waals surface area (Å²) in [4.78, 5) is 22.7. The molecule has 0 radical (unpaired) electrons. The molecule has 0 unspecified atom stereocenters. The van der Waals surface area contributed by atoms with E-state index in [1.54, 1.807) is 20.4 Å². The van der Waals surface area contributed by atoms with Gasteiger partial charge in [-0.25, -0.2) is 14.6 Å². The number of carbonyl (C=O) groups is 1. The highest BCUT2D eigenvalue weighted by molar-refractivity contribution is 7.14. The number of carbonyl (C=O) groups excluding carboxylic acids is 1. The Balaban J connectivity index is 1.69. The van der Waals surface area contributed by atoms with Gasteiger partial charge in [0.1, 0.15) is 11.5 Å². The zero-order valence-electron chi connectivity index (χ0n) is 19.5. The van der Waals surface area contributed by atoms with Crippen LogP contribution in [0.5, 0.6) is 11.5 Å².